The summed E-state index contributed by atoms with van der Waals surface area (Å²) >= 11 is 13.8. The lowest BCUT2D eigenvalue weighted by molar-refractivity contribution is -0.130. The van der Waals surface area contributed by atoms with Crippen LogP contribution in [0.2, 0.25) is 10.0 Å². The molecule has 3 aromatic rings. The molecule has 33 heavy (non-hydrogen) atoms. The second kappa shape index (κ2) is 10.8. The molecule has 0 saturated carbocycles. The number of anilines is 2. The summed E-state index contributed by atoms with van der Waals surface area (Å²) in [5.41, 5.74) is 2.47. The Balaban J connectivity index is 1.27. The SMILES string of the molecule is O=C(/C=C/c1ccccc1)Nc1nc(CC(=O)N2CCN(c3cccc(Cl)c3Cl)CC2)cs1. The Hall–Kier alpha value is -2.87. The van der Waals surface area contributed by atoms with Crippen LogP contribution < -0.4 is 10.2 Å². The van der Waals surface area contributed by atoms with E-state index in [1.165, 1.54) is 17.4 Å². The number of hydrogen-bond acceptors (Lipinski definition) is 5. The molecule has 1 aromatic heterocycles. The number of amides is 2. The number of rotatable bonds is 6. The predicted octanol–water partition coefficient (Wildman–Crippen LogP) is 4.99. The Bertz CT molecular complexity index is 1160. The number of benzene rings is 2. The number of carbonyl (C=O) groups excluding carboxylic acids is 2. The van der Waals surface area contributed by atoms with Gasteiger partial charge in [0, 0.05) is 37.6 Å². The van der Waals surface area contributed by atoms with Gasteiger partial charge in [-0.25, -0.2) is 4.98 Å². The van der Waals surface area contributed by atoms with E-state index in [1.807, 2.05) is 47.4 Å². The van der Waals surface area contributed by atoms with E-state index in [-0.39, 0.29) is 18.2 Å². The van der Waals surface area contributed by atoms with Gasteiger partial charge < -0.3 is 9.80 Å². The van der Waals surface area contributed by atoms with Gasteiger partial charge in [0.15, 0.2) is 5.13 Å². The molecule has 4 rings (SSSR count). The Labute approximate surface area is 206 Å². The first-order valence-corrected chi connectivity index (χ1v) is 12.1. The summed E-state index contributed by atoms with van der Waals surface area (Å²) in [4.78, 5) is 33.2. The average Bonchev–Trinajstić information content (AvgIpc) is 3.26. The van der Waals surface area contributed by atoms with E-state index in [0.29, 0.717) is 47.0 Å². The van der Waals surface area contributed by atoms with Crippen molar-refractivity contribution in [2.45, 2.75) is 6.42 Å². The van der Waals surface area contributed by atoms with E-state index in [0.717, 1.165) is 11.3 Å². The average molecular weight is 501 g/mol. The maximum Gasteiger partial charge on any atom is 0.250 e. The van der Waals surface area contributed by atoms with Crippen molar-refractivity contribution in [2.75, 3.05) is 36.4 Å². The largest absolute Gasteiger partial charge is 0.367 e. The van der Waals surface area contributed by atoms with Crippen molar-refractivity contribution in [3.8, 4) is 0 Å². The molecule has 2 heterocycles. The first kappa shape index (κ1) is 23.3. The van der Waals surface area contributed by atoms with Gasteiger partial charge in [0.2, 0.25) is 11.8 Å². The monoisotopic (exact) mass is 500 g/mol. The lowest BCUT2D eigenvalue weighted by Crippen LogP contribution is -2.49. The van der Waals surface area contributed by atoms with Gasteiger partial charge in [-0.15, -0.1) is 11.3 Å². The van der Waals surface area contributed by atoms with Crippen LogP contribution in [0.15, 0.2) is 60.0 Å². The molecule has 0 aliphatic carbocycles. The summed E-state index contributed by atoms with van der Waals surface area (Å²) in [5.74, 6) is -0.249. The summed E-state index contributed by atoms with van der Waals surface area (Å²) in [6, 6.07) is 15.1. The fourth-order valence-corrected chi connectivity index (χ4v) is 4.66. The third-order valence-electron chi connectivity index (χ3n) is 5.25. The zero-order valence-corrected chi connectivity index (χ0v) is 20.0. The normalized spacial score (nSPS) is 14.0. The van der Waals surface area contributed by atoms with Gasteiger partial charge >= 0.3 is 0 Å². The summed E-state index contributed by atoms with van der Waals surface area (Å²) in [5, 5.41) is 6.08. The van der Waals surface area contributed by atoms with Crippen molar-refractivity contribution < 1.29 is 9.59 Å². The maximum absolute atomic E-state index is 12.7. The first-order chi connectivity index (χ1) is 16.0. The molecule has 0 bridgehead atoms. The number of carbonyl (C=O) groups is 2. The van der Waals surface area contributed by atoms with Crippen LogP contribution in [0, 0.1) is 0 Å². The van der Waals surface area contributed by atoms with Crippen molar-refractivity contribution in [1.82, 2.24) is 9.88 Å². The standard InChI is InChI=1S/C24H22Cl2N4O2S/c25-19-7-4-8-20(23(19)26)29-11-13-30(14-12-29)22(32)15-18-16-33-24(27-18)28-21(31)10-9-17-5-2-1-3-6-17/h1-10,16H,11-15H2,(H,27,28,31)/b10-9+. The molecule has 1 aliphatic rings. The van der Waals surface area contributed by atoms with Crippen molar-refractivity contribution in [3.05, 3.63) is 81.3 Å². The molecule has 1 aliphatic heterocycles. The smallest absolute Gasteiger partial charge is 0.250 e. The third-order valence-corrected chi connectivity index (χ3v) is 6.86. The van der Waals surface area contributed by atoms with E-state index >= 15 is 0 Å². The van der Waals surface area contributed by atoms with E-state index in [2.05, 4.69) is 15.2 Å². The van der Waals surface area contributed by atoms with Gasteiger partial charge in [0.25, 0.3) is 0 Å². The molecule has 0 atom stereocenters. The molecule has 6 nitrogen and oxygen atoms in total. The van der Waals surface area contributed by atoms with E-state index in [9.17, 15) is 9.59 Å². The molecule has 0 spiro atoms. The zero-order chi connectivity index (χ0) is 23.2. The highest BCUT2D eigenvalue weighted by molar-refractivity contribution is 7.14. The molecule has 9 heteroatoms. The predicted molar refractivity (Wildman–Crippen MR) is 135 cm³/mol. The molecule has 0 unspecified atom stereocenters. The highest BCUT2D eigenvalue weighted by Gasteiger charge is 2.23. The molecule has 170 valence electrons. The van der Waals surface area contributed by atoms with Crippen molar-refractivity contribution >= 4 is 63.2 Å². The lowest BCUT2D eigenvalue weighted by Gasteiger charge is -2.36. The minimum Gasteiger partial charge on any atom is -0.367 e. The molecule has 1 fully saturated rings. The topological polar surface area (TPSA) is 65.5 Å². The Morgan fingerprint density at radius 3 is 2.55 bits per heavy atom. The zero-order valence-electron chi connectivity index (χ0n) is 17.7. The maximum atomic E-state index is 12.7. The summed E-state index contributed by atoms with van der Waals surface area (Å²) in [7, 11) is 0. The van der Waals surface area contributed by atoms with Crippen LogP contribution in [0.5, 0.6) is 0 Å². The van der Waals surface area contributed by atoms with Gasteiger partial charge in [-0.05, 0) is 23.8 Å². The molecule has 2 aromatic carbocycles. The van der Waals surface area contributed by atoms with Crippen LogP contribution in [0.25, 0.3) is 6.08 Å². The Kier molecular flexibility index (Phi) is 7.65. The molecule has 0 radical (unpaired) electrons. The van der Waals surface area contributed by atoms with Crippen LogP contribution in [-0.2, 0) is 16.0 Å². The number of nitrogens with one attached hydrogen (secondary N) is 1. The minimum absolute atomic E-state index is 0.0130. The molecular weight excluding hydrogens is 479 g/mol. The number of hydrogen-bond donors (Lipinski definition) is 1. The van der Waals surface area contributed by atoms with Crippen LogP contribution >= 0.6 is 34.5 Å². The van der Waals surface area contributed by atoms with E-state index in [1.54, 1.807) is 17.5 Å². The lowest BCUT2D eigenvalue weighted by atomic mass is 10.2. The third kappa shape index (κ3) is 6.13. The van der Waals surface area contributed by atoms with Crippen molar-refractivity contribution in [1.29, 1.82) is 0 Å². The fourth-order valence-electron chi connectivity index (χ4n) is 3.53. The van der Waals surface area contributed by atoms with E-state index in [4.69, 9.17) is 23.2 Å². The minimum atomic E-state index is -0.262. The number of piperazine rings is 1. The number of aromatic nitrogens is 1. The van der Waals surface area contributed by atoms with E-state index < -0.39 is 0 Å². The fraction of sp³-hybridized carbons (Fsp3) is 0.208. The molecule has 2 amide bonds. The van der Waals surface area contributed by atoms with Crippen LogP contribution in [-0.4, -0.2) is 47.9 Å². The second-order valence-electron chi connectivity index (χ2n) is 7.49. The summed E-state index contributed by atoms with van der Waals surface area (Å²) < 4.78 is 0. The van der Waals surface area contributed by atoms with Crippen molar-refractivity contribution in [3.63, 3.8) is 0 Å². The van der Waals surface area contributed by atoms with Crippen molar-refractivity contribution in [2.24, 2.45) is 0 Å². The molecule has 1 saturated heterocycles. The number of halogens is 2. The molecule has 1 N–H and O–H groups in total. The van der Waals surface area contributed by atoms with Gasteiger partial charge in [-0.1, -0.05) is 59.6 Å². The van der Waals surface area contributed by atoms with Crippen LogP contribution in [0.1, 0.15) is 11.3 Å². The van der Waals surface area contributed by atoms with Gasteiger partial charge in [0.1, 0.15) is 0 Å². The van der Waals surface area contributed by atoms with Crippen LogP contribution in [0.3, 0.4) is 0 Å². The van der Waals surface area contributed by atoms with Gasteiger partial charge in [-0.3, -0.25) is 14.9 Å². The van der Waals surface area contributed by atoms with Gasteiger partial charge in [-0.2, -0.15) is 0 Å². The Morgan fingerprint density at radius 2 is 1.79 bits per heavy atom. The van der Waals surface area contributed by atoms with Crippen LogP contribution in [0.4, 0.5) is 10.8 Å². The summed E-state index contributed by atoms with van der Waals surface area (Å²) in [6.07, 6.45) is 3.40. The highest BCUT2D eigenvalue weighted by Crippen LogP contribution is 2.33. The number of thiazole rings is 1. The first-order valence-electron chi connectivity index (χ1n) is 10.4. The Morgan fingerprint density at radius 1 is 1.03 bits per heavy atom. The molecular formula is C24H22Cl2N4O2S. The van der Waals surface area contributed by atoms with Gasteiger partial charge in [0.05, 0.1) is 27.8 Å². The highest BCUT2D eigenvalue weighted by atomic mass is 35.5. The second-order valence-corrected chi connectivity index (χ2v) is 9.14. The summed E-state index contributed by atoms with van der Waals surface area (Å²) in [6.45, 7) is 2.55. The quantitative estimate of drug-likeness (QED) is 0.484. The number of nitrogens with zero attached hydrogens (tertiary/aromatic N) is 3.